The summed E-state index contributed by atoms with van der Waals surface area (Å²) in [4.78, 5) is 0. The minimum absolute atomic E-state index is 0.00432. The molecule has 0 saturated carbocycles. The third-order valence-corrected chi connectivity index (χ3v) is 8.92. The largest absolute Gasteiger partial charge is 0.454 e. The Balaban J connectivity index is 2.73. The average molecular weight is 368 g/mol. The molecule has 130 valence electrons. The lowest BCUT2D eigenvalue weighted by Gasteiger charge is -2.36. The molecular formula is C12H18O9P2. The van der Waals surface area contributed by atoms with Crippen LogP contribution >= 0.6 is 15.2 Å². The standard InChI is InChI=1S/C12H18O9P2/c1-16-22(14,17-2)12(13,23(15,18-3)19-4)9-5-6-10-11(7-9)21-8-20-10/h5-7,13H,8H2,1-4H3. The minimum atomic E-state index is -4.36. The van der Waals surface area contributed by atoms with Crippen LogP contribution in [0, 0.1) is 0 Å². The van der Waals surface area contributed by atoms with Gasteiger partial charge in [-0.25, -0.2) is 0 Å². The van der Waals surface area contributed by atoms with Crippen molar-refractivity contribution in [3.63, 3.8) is 0 Å². The van der Waals surface area contributed by atoms with E-state index in [2.05, 4.69) is 0 Å². The van der Waals surface area contributed by atoms with Gasteiger partial charge in [-0.3, -0.25) is 9.13 Å². The van der Waals surface area contributed by atoms with Crippen molar-refractivity contribution in [1.29, 1.82) is 0 Å². The molecule has 0 saturated heterocycles. The fourth-order valence-corrected chi connectivity index (χ4v) is 6.64. The predicted octanol–water partition coefficient (Wildman–Crippen LogP) is 2.49. The molecule has 1 aromatic rings. The second kappa shape index (κ2) is 6.53. The number of hydrogen-bond donors (Lipinski definition) is 1. The van der Waals surface area contributed by atoms with E-state index in [-0.39, 0.29) is 18.1 Å². The molecule has 1 heterocycles. The van der Waals surface area contributed by atoms with Crippen molar-refractivity contribution in [2.75, 3.05) is 35.2 Å². The van der Waals surface area contributed by atoms with Crippen LogP contribution in [0.1, 0.15) is 5.56 Å². The highest BCUT2D eigenvalue weighted by molar-refractivity contribution is 7.73. The lowest BCUT2D eigenvalue weighted by molar-refractivity contribution is 0.103. The van der Waals surface area contributed by atoms with Gasteiger partial charge in [-0.15, -0.1) is 0 Å². The van der Waals surface area contributed by atoms with Crippen molar-refractivity contribution >= 4 is 15.2 Å². The lowest BCUT2D eigenvalue weighted by Crippen LogP contribution is -2.29. The molecular weight excluding hydrogens is 350 g/mol. The summed E-state index contributed by atoms with van der Waals surface area (Å²) in [5, 5.41) is 8.43. The van der Waals surface area contributed by atoms with E-state index in [1.807, 2.05) is 0 Å². The molecule has 0 unspecified atom stereocenters. The van der Waals surface area contributed by atoms with Gasteiger partial charge in [0.2, 0.25) is 6.79 Å². The van der Waals surface area contributed by atoms with E-state index in [1.54, 1.807) is 0 Å². The van der Waals surface area contributed by atoms with E-state index in [9.17, 15) is 14.2 Å². The Kier molecular flexibility index (Phi) is 5.23. The summed E-state index contributed by atoms with van der Waals surface area (Å²) < 4.78 is 55.7. The van der Waals surface area contributed by atoms with Gasteiger partial charge in [0.1, 0.15) is 0 Å². The molecule has 1 N–H and O–H groups in total. The second-order valence-corrected chi connectivity index (χ2v) is 9.53. The molecule has 0 aliphatic carbocycles. The fourth-order valence-electron chi connectivity index (χ4n) is 2.23. The molecule has 0 radical (unpaired) electrons. The van der Waals surface area contributed by atoms with Crippen LogP contribution in [-0.4, -0.2) is 40.3 Å². The van der Waals surface area contributed by atoms with Gasteiger partial charge in [0.05, 0.1) is 0 Å². The molecule has 1 aliphatic rings. The first-order chi connectivity index (χ1) is 10.8. The monoisotopic (exact) mass is 368 g/mol. The number of benzene rings is 1. The summed E-state index contributed by atoms with van der Waals surface area (Å²) >= 11 is 0. The average Bonchev–Trinajstić information content (AvgIpc) is 3.06. The van der Waals surface area contributed by atoms with Crippen LogP contribution in [0.5, 0.6) is 11.5 Å². The van der Waals surface area contributed by atoms with Crippen LogP contribution < -0.4 is 9.47 Å². The quantitative estimate of drug-likeness (QED) is 0.726. The Morgan fingerprint density at radius 2 is 1.43 bits per heavy atom. The number of ether oxygens (including phenoxy) is 2. The van der Waals surface area contributed by atoms with Crippen molar-refractivity contribution in [3.05, 3.63) is 23.8 Å². The summed E-state index contributed by atoms with van der Waals surface area (Å²) in [6, 6.07) is 4.13. The predicted molar refractivity (Wildman–Crippen MR) is 79.7 cm³/mol. The smallest absolute Gasteiger partial charge is 0.378 e. The van der Waals surface area contributed by atoms with Crippen LogP contribution in [-0.2, 0) is 32.3 Å². The molecule has 2 rings (SSSR count). The summed E-state index contributed by atoms with van der Waals surface area (Å²) in [5.41, 5.74) is -0.0826. The van der Waals surface area contributed by atoms with Crippen molar-refractivity contribution in [2.45, 2.75) is 5.08 Å². The Bertz CT molecular complexity index is 632. The van der Waals surface area contributed by atoms with Gasteiger partial charge >= 0.3 is 15.2 Å². The van der Waals surface area contributed by atoms with E-state index in [0.29, 0.717) is 5.75 Å². The Hall–Kier alpha value is -0.920. The lowest BCUT2D eigenvalue weighted by atomic mass is 10.2. The molecule has 0 fully saturated rings. The van der Waals surface area contributed by atoms with Crippen molar-refractivity contribution in [3.8, 4) is 11.5 Å². The third-order valence-electron chi connectivity index (χ3n) is 3.49. The summed E-state index contributed by atoms with van der Waals surface area (Å²) in [7, 11) is -4.50. The molecule has 0 spiro atoms. The van der Waals surface area contributed by atoms with E-state index in [1.165, 1.54) is 18.2 Å². The number of hydrogen-bond acceptors (Lipinski definition) is 9. The zero-order valence-corrected chi connectivity index (χ0v) is 14.8. The van der Waals surface area contributed by atoms with Crippen LogP contribution in [0.4, 0.5) is 0 Å². The van der Waals surface area contributed by atoms with Crippen LogP contribution in [0.25, 0.3) is 0 Å². The Labute approximate surface area is 133 Å². The van der Waals surface area contributed by atoms with Gasteiger partial charge in [0.25, 0.3) is 5.08 Å². The minimum Gasteiger partial charge on any atom is -0.454 e. The molecule has 23 heavy (non-hydrogen) atoms. The first-order valence-corrected chi connectivity index (χ1v) is 9.46. The van der Waals surface area contributed by atoms with Crippen LogP contribution in [0.15, 0.2) is 18.2 Å². The zero-order valence-electron chi connectivity index (χ0n) is 13.0. The van der Waals surface area contributed by atoms with Gasteiger partial charge in [0.15, 0.2) is 11.5 Å². The molecule has 1 aromatic carbocycles. The van der Waals surface area contributed by atoms with E-state index < -0.39 is 20.3 Å². The van der Waals surface area contributed by atoms with E-state index in [4.69, 9.17) is 27.6 Å². The Morgan fingerprint density at radius 3 is 1.91 bits per heavy atom. The highest BCUT2D eigenvalue weighted by Gasteiger charge is 2.65. The molecule has 1 aliphatic heterocycles. The summed E-state index contributed by atoms with van der Waals surface area (Å²) in [6.45, 7) is -0.00432. The van der Waals surface area contributed by atoms with E-state index >= 15 is 0 Å². The molecule has 11 heteroatoms. The highest BCUT2D eigenvalue weighted by atomic mass is 31.2. The second-order valence-electron chi connectivity index (χ2n) is 4.43. The highest BCUT2D eigenvalue weighted by Crippen LogP contribution is 2.80. The molecule has 0 amide bonds. The van der Waals surface area contributed by atoms with Gasteiger partial charge in [-0.2, -0.15) is 0 Å². The summed E-state index contributed by atoms with van der Waals surface area (Å²) in [6.07, 6.45) is 0. The van der Waals surface area contributed by atoms with Crippen LogP contribution in [0.3, 0.4) is 0 Å². The maximum absolute atomic E-state index is 12.9. The maximum Gasteiger partial charge on any atom is 0.378 e. The third kappa shape index (κ3) is 2.62. The number of aliphatic hydroxyl groups is 1. The van der Waals surface area contributed by atoms with Crippen molar-refractivity contribution < 1.29 is 41.8 Å². The van der Waals surface area contributed by atoms with Gasteiger partial charge in [-0.05, 0) is 12.1 Å². The van der Waals surface area contributed by atoms with Crippen LogP contribution in [0.2, 0.25) is 0 Å². The summed E-state index contributed by atoms with van der Waals surface area (Å²) in [5.74, 6) is 0.698. The van der Waals surface area contributed by atoms with Gasteiger partial charge < -0.3 is 32.7 Å². The number of rotatable bonds is 7. The topological polar surface area (TPSA) is 110 Å². The SMILES string of the molecule is COP(=O)(OC)C(O)(c1ccc2c(c1)OCO2)P(=O)(OC)OC. The first kappa shape index (κ1) is 18.4. The molecule has 0 bridgehead atoms. The molecule has 0 aromatic heterocycles. The zero-order chi connectivity index (χ0) is 17.3. The Morgan fingerprint density at radius 1 is 0.957 bits per heavy atom. The molecule has 9 nitrogen and oxygen atoms in total. The molecule has 0 atom stereocenters. The van der Waals surface area contributed by atoms with Gasteiger partial charge in [-0.1, -0.05) is 6.07 Å². The normalized spacial score (nSPS) is 15.0. The first-order valence-electron chi connectivity index (χ1n) is 6.37. The fraction of sp³-hybridized carbons (Fsp3) is 0.500. The van der Waals surface area contributed by atoms with Gasteiger partial charge in [0, 0.05) is 34.0 Å². The van der Waals surface area contributed by atoms with Crippen molar-refractivity contribution in [1.82, 2.24) is 0 Å². The van der Waals surface area contributed by atoms with E-state index in [0.717, 1.165) is 28.4 Å². The maximum atomic E-state index is 12.9. The number of fused-ring (bicyclic) bond motifs is 1. The van der Waals surface area contributed by atoms with Crippen molar-refractivity contribution in [2.24, 2.45) is 0 Å².